The van der Waals surface area contributed by atoms with E-state index in [9.17, 15) is 9.18 Å². The third-order valence-corrected chi connectivity index (χ3v) is 6.00. The smallest absolute Gasteiger partial charge is 0.146 e. The molecule has 3 aromatic carbocycles. The maximum atomic E-state index is 13.3. The van der Waals surface area contributed by atoms with Crippen molar-refractivity contribution in [3.05, 3.63) is 107 Å². The monoisotopic (exact) mass is 389 g/mol. The zero-order chi connectivity index (χ0) is 19.5. The Bertz CT molecular complexity index is 1010. The van der Waals surface area contributed by atoms with Crippen LogP contribution in [0.25, 0.3) is 5.57 Å². The molecule has 0 saturated carbocycles. The van der Waals surface area contributed by atoms with E-state index >= 15 is 0 Å². The molecule has 1 unspecified atom stereocenters. The van der Waals surface area contributed by atoms with Crippen LogP contribution in [0.15, 0.2) is 83.9 Å². The first-order valence-electron chi connectivity index (χ1n) is 9.12. The number of nitrogens with zero attached hydrogens (tertiary/aromatic N) is 1. The molecule has 0 saturated heterocycles. The summed E-state index contributed by atoms with van der Waals surface area (Å²) in [6, 6.07) is 22.8. The summed E-state index contributed by atoms with van der Waals surface area (Å²) in [5, 5.41) is 0. The highest BCUT2D eigenvalue weighted by molar-refractivity contribution is 7.98. The molecule has 0 N–H and O–H groups in total. The quantitative estimate of drug-likeness (QED) is 0.413. The molecule has 1 aliphatic rings. The predicted octanol–water partition coefficient (Wildman–Crippen LogP) is 5.69. The number of benzene rings is 3. The SMILES string of the molecule is CN1C=C(c2ccc(F)cc2)c2ccc(SCc3ccccc3)cc2C1C=O. The van der Waals surface area contributed by atoms with Gasteiger partial charge in [0, 0.05) is 29.5 Å². The molecule has 0 spiro atoms. The summed E-state index contributed by atoms with van der Waals surface area (Å²) in [6.07, 6.45) is 2.94. The van der Waals surface area contributed by atoms with Gasteiger partial charge in [0.2, 0.25) is 0 Å². The molecule has 1 atom stereocenters. The standard InChI is InChI=1S/C24H20FNOS/c1-26-14-23(18-7-9-19(25)10-8-18)21-12-11-20(13-22(21)24(26)15-27)28-16-17-5-3-2-4-6-17/h2-15,24H,16H2,1H3. The van der Waals surface area contributed by atoms with Gasteiger partial charge in [0.05, 0.1) is 0 Å². The second kappa shape index (κ2) is 8.03. The van der Waals surface area contributed by atoms with Crippen LogP contribution in [0, 0.1) is 5.82 Å². The lowest BCUT2D eigenvalue weighted by Gasteiger charge is -2.31. The van der Waals surface area contributed by atoms with Crippen LogP contribution in [-0.2, 0) is 10.5 Å². The molecule has 0 amide bonds. The summed E-state index contributed by atoms with van der Waals surface area (Å²) in [7, 11) is 1.90. The van der Waals surface area contributed by atoms with Crippen molar-refractivity contribution in [3.8, 4) is 0 Å². The fourth-order valence-corrected chi connectivity index (χ4v) is 4.36. The van der Waals surface area contributed by atoms with Gasteiger partial charge in [-0.2, -0.15) is 0 Å². The van der Waals surface area contributed by atoms with Crippen LogP contribution in [-0.4, -0.2) is 18.2 Å². The molecular formula is C24H20FNOS. The molecule has 3 aromatic rings. The van der Waals surface area contributed by atoms with Crippen molar-refractivity contribution >= 4 is 23.6 Å². The lowest BCUT2D eigenvalue weighted by molar-refractivity contribution is -0.111. The molecule has 2 nitrogen and oxygen atoms in total. The number of thioether (sulfide) groups is 1. The van der Waals surface area contributed by atoms with E-state index in [1.54, 1.807) is 23.9 Å². The second-order valence-corrected chi connectivity index (χ2v) is 7.87. The number of carbonyl (C=O) groups excluding carboxylic acids is 1. The Morgan fingerprint density at radius 2 is 1.79 bits per heavy atom. The third kappa shape index (κ3) is 3.73. The molecular weight excluding hydrogens is 369 g/mol. The Hall–Kier alpha value is -2.85. The van der Waals surface area contributed by atoms with Crippen molar-refractivity contribution in [1.29, 1.82) is 0 Å². The van der Waals surface area contributed by atoms with Gasteiger partial charge < -0.3 is 9.69 Å². The Morgan fingerprint density at radius 3 is 2.50 bits per heavy atom. The maximum Gasteiger partial charge on any atom is 0.146 e. The normalized spacial score (nSPS) is 15.7. The van der Waals surface area contributed by atoms with Crippen LogP contribution in [0.4, 0.5) is 4.39 Å². The van der Waals surface area contributed by atoms with E-state index in [0.29, 0.717) is 0 Å². The summed E-state index contributed by atoms with van der Waals surface area (Å²) in [5.41, 5.74) is 5.20. The van der Waals surface area contributed by atoms with Crippen LogP contribution in [0.2, 0.25) is 0 Å². The van der Waals surface area contributed by atoms with Crippen molar-refractivity contribution in [2.24, 2.45) is 0 Å². The van der Waals surface area contributed by atoms with Crippen LogP contribution >= 0.6 is 11.8 Å². The van der Waals surface area contributed by atoms with E-state index in [1.807, 2.05) is 36.3 Å². The molecule has 4 rings (SSSR count). The first kappa shape index (κ1) is 18.5. The zero-order valence-corrected chi connectivity index (χ0v) is 16.3. The Labute approximate surface area is 168 Å². The van der Waals surface area contributed by atoms with E-state index in [2.05, 4.69) is 30.3 Å². The minimum Gasteiger partial charge on any atom is -0.366 e. The van der Waals surface area contributed by atoms with Crippen molar-refractivity contribution in [2.45, 2.75) is 16.7 Å². The molecule has 0 radical (unpaired) electrons. The Kier molecular flexibility index (Phi) is 5.31. The van der Waals surface area contributed by atoms with E-state index in [4.69, 9.17) is 0 Å². The summed E-state index contributed by atoms with van der Waals surface area (Å²) >= 11 is 1.76. The average Bonchev–Trinajstić information content (AvgIpc) is 2.73. The Morgan fingerprint density at radius 1 is 1.04 bits per heavy atom. The molecule has 28 heavy (non-hydrogen) atoms. The number of hydrogen-bond acceptors (Lipinski definition) is 3. The van der Waals surface area contributed by atoms with Crippen molar-refractivity contribution in [1.82, 2.24) is 4.90 Å². The zero-order valence-electron chi connectivity index (χ0n) is 15.5. The Balaban J connectivity index is 1.68. The lowest BCUT2D eigenvalue weighted by Crippen LogP contribution is -2.25. The van der Waals surface area contributed by atoms with Gasteiger partial charge >= 0.3 is 0 Å². The van der Waals surface area contributed by atoms with Crippen molar-refractivity contribution < 1.29 is 9.18 Å². The number of aldehydes is 1. The molecule has 0 fully saturated rings. The predicted molar refractivity (Wildman–Crippen MR) is 112 cm³/mol. The number of rotatable bonds is 5. The second-order valence-electron chi connectivity index (χ2n) is 6.82. The van der Waals surface area contributed by atoms with E-state index in [0.717, 1.165) is 39.2 Å². The highest BCUT2D eigenvalue weighted by Crippen LogP contribution is 2.39. The molecule has 4 heteroatoms. The third-order valence-electron chi connectivity index (χ3n) is 4.94. The highest BCUT2D eigenvalue weighted by atomic mass is 32.2. The number of hydrogen-bond donors (Lipinski definition) is 0. The van der Waals surface area contributed by atoms with Crippen LogP contribution in [0.1, 0.15) is 28.3 Å². The van der Waals surface area contributed by atoms with E-state index in [1.165, 1.54) is 17.7 Å². The first-order chi connectivity index (χ1) is 13.7. The minimum atomic E-state index is -0.323. The van der Waals surface area contributed by atoms with Gasteiger partial charge in [0.1, 0.15) is 18.1 Å². The van der Waals surface area contributed by atoms with Crippen LogP contribution in [0.5, 0.6) is 0 Å². The molecule has 0 bridgehead atoms. The van der Waals surface area contributed by atoms with Gasteiger partial charge in [-0.1, -0.05) is 48.5 Å². The summed E-state index contributed by atoms with van der Waals surface area (Å²) in [5.74, 6) is 0.620. The first-order valence-corrected chi connectivity index (χ1v) is 10.1. The summed E-state index contributed by atoms with van der Waals surface area (Å²) in [4.78, 5) is 14.8. The van der Waals surface area contributed by atoms with Gasteiger partial charge in [-0.05, 0) is 46.5 Å². The van der Waals surface area contributed by atoms with E-state index < -0.39 is 0 Å². The number of fused-ring (bicyclic) bond motifs is 1. The molecule has 1 aliphatic heterocycles. The molecule has 1 heterocycles. The van der Waals surface area contributed by atoms with E-state index in [-0.39, 0.29) is 11.9 Å². The fraction of sp³-hybridized carbons (Fsp3) is 0.125. The van der Waals surface area contributed by atoms with Crippen LogP contribution < -0.4 is 0 Å². The maximum absolute atomic E-state index is 13.3. The molecule has 0 aromatic heterocycles. The molecule has 0 aliphatic carbocycles. The van der Waals surface area contributed by atoms with Crippen molar-refractivity contribution in [3.63, 3.8) is 0 Å². The minimum absolute atomic E-state index is 0.257. The number of halogens is 1. The lowest BCUT2D eigenvalue weighted by atomic mass is 9.88. The van der Waals surface area contributed by atoms with Gasteiger partial charge in [-0.3, -0.25) is 0 Å². The average molecular weight is 389 g/mol. The summed E-state index contributed by atoms with van der Waals surface area (Å²) < 4.78 is 13.3. The fourth-order valence-electron chi connectivity index (χ4n) is 3.46. The van der Waals surface area contributed by atoms with Gasteiger partial charge in [-0.15, -0.1) is 11.8 Å². The topological polar surface area (TPSA) is 20.3 Å². The summed E-state index contributed by atoms with van der Waals surface area (Å²) in [6.45, 7) is 0. The molecule has 140 valence electrons. The van der Waals surface area contributed by atoms with Gasteiger partial charge in [0.15, 0.2) is 0 Å². The number of likely N-dealkylation sites (N-methyl/N-ethyl adjacent to an activating group) is 1. The highest BCUT2D eigenvalue weighted by Gasteiger charge is 2.26. The largest absolute Gasteiger partial charge is 0.366 e. The van der Waals surface area contributed by atoms with Gasteiger partial charge in [0.25, 0.3) is 0 Å². The van der Waals surface area contributed by atoms with Crippen LogP contribution in [0.3, 0.4) is 0 Å². The number of carbonyl (C=O) groups is 1. The van der Waals surface area contributed by atoms with Crippen molar-refractivity contribution in [2.75, 3.05) is 7.05 Å². The van der Waals surface area contributed by atoms with Gasteiger partial charge in [-0.25, -0.2) is 4.39 Å².